The largest absolute Gasteiger partial charge is 0.411 e. The van der Waals surface area contributed by atoms with Crippen LogP contribution in [0.15, 0.2) is 93.6 Å². The van der Waals surface area contributed by atoms with E-state index < -0.39 is 8.01 Å². The van der Waals surface area contributed by atoms with Crippen molar-refractivity contribution in [2.24, 2.45) is 7.05 Å². The molecule has 2 aromatic heterocycles. The first-order valence-electron chi connectivity index (χ1n) is 10.5. The van der Waals surface area contributed by atoms with Crippen LogP contribution in [0.5, 0.6) is 0 Å². The molecule has 31 heavy (non-hydrogen) atoms. The van der Waals surface area contributed by atoms with E-state index in [-0.39, 0.29) is 0 Å². The van der Waals surface area contributed by atoms with E-state index in [0.29, 0.717) is 0 Å². The van der Waals surface area contributed by atoms with E-state index in [4.69, 9.17) is 8.39 Å². The zero-order valence-corrected chi connectivity index (χ0v) is 18.3. The summed E-state index contributed by atoms with van der Waals surface area (Å²) >= 11 is 0. The molecule has 2 heterocycles. The number of benzene rings is 4. The predicted octanol–water partition coefficient (Wildman–Crippen LogP) is 7.23. The first-order valence-corrected chi connectivity index (χ1v) is 11.7. The zero-order valence-electron chi connectivity index (χ0n) is 17.4. The summed E-state index contributed by atoms with van der Waals surface area (Å²) in [6.07, 6.45) is 4.14. The molecule has 6 rings (SSSR count). The molecular weight excluding hydrogens is 403 g/mol. The van der Waals surface area contributed by atoms with E-state index in [1.54, 1.807) is 0 Å². The smallest absolute Gasteiger partial charge is 0.374 e. The highest BCUT2D eigenvalue weighted by molar-refractivity contribution is 7.44. The number of hydrogen-bond acceptors (Lipinski definition) is 2. The lowest BCUT2D eigenvalue weighted by Gasteiger charge is -2.05. The lowest BCUT2D eigenvalue weighted by Crippen LogP contribution is -2.27. The molecule has 0 spiro atoms. The molecule has 0 aliphatic heterocycles. The van der Waals surface area contributed by atoms with E-state index in [1.807, 2.05) is 7.05 Å². The molecule has 152 valence electrons. The van der Waals surface area contributed by atoms with E-state index >= 15 is 0 Å². The normalized spacial score (nSPS) is 11.7. The van der Waals surface area contributed by atoms with Gasteiger partial charge in [0.15, 0.2) is 0 Å². The third kappa shape index (κ3) is 2.79. The van der Waals surface area contributed by atoms with Gasteiger partial charge in [0.05, 0.1) is 13.6 Å². The van der Waals surface area contributed by atoms with Crippen molar-refractivity contribution in [2.45, 2.75) is 13.5 Å². The summed E-state index contributed by atoms with van der Waals surface area (Å²) in [7, 11) is 0.684. The maximum atomic E-state index is 6.67. The standard InChI is InChI=1S/C26H22N2O2P/c1-3-28-17-16-27(2)26(28)31-29-22-14-12-18-8-4-6-10-20(18)24(22)25-21-11-7-5-9-19(21)13-15-23(25)30-31/h4-17H,3H2,1-2H3/q+1. The van der Waals surface area contributed by atoms with Crippen molar-refractivity contribution in [3.63, 3.8) is 0 Å². The Morgan fingerprint density at radius 3 is 1.87 bits per heavy atom. The SMILES string of the molecule is CCn1cc[n+](C)c1-p1oc2ccc3ccccc3c2c2c(ccc3ccccc32)o1. The fourth-order valence-corrected chi connectivity index (χ4v) is 6.05. The minimum absolute atomic E-state index is 0.858. The quantitative estimate of drug-likeness (QED) is 0.274. The molecular formula is C26H22N2O2P+. The molecule has 6 aromatic rings. The first kappa shape index (κ1) is 18.3. The van der Waals surface area contributed by atoms with Gasteiger partial charge in [-0.25, -0.2) is 9.13 Å². The molecule has 5 heteroatoms. The predicted molar refractivity (Wildman–Crippen MR) is 128 cm³/mol. The molecule has 0 aliphatic rings. The van der Waals surface area contributed by atoms with Gasteiger partial charge in [-0.05, 0) is 40.6 Å². The molecule has 0 unspecified atom stereocenters. The van der Waals surface area contributed by atoms with Gasteiger partial charge in [-0.1, -0.05) is 60.7 Å². The Hall–Kier alpha value is -3.49. The van der Waals surface area contributed by atoms with Crippen molar-refractivity contribution in [1.29, 1.82) is 0 Å². The highest BCUT2D eigenvalue weighted by Crippen LogP contribution is 2.44. The average molecular weight is 425 g/mol. The minimum Gasteiger partial charge on any atom is -0.411 e. The van der Waals surface area contributed by atoms with Crippen LogP contribution in [0, 0.1) is 0 Å². The van der Waals surface area contributed by atoms with Crippen LogP contribution in [-0.2, 0) is 13.6 Å². The van der Waals surface area contributed by atoms with Gasteiger partial charge in [-0.2, -0.15) is 0 Å². The second-order valence-electron chi connectivity index (χ2n) is 7.75. The van der Waals surface area contributed by atoms with E-state index in [2.05, 4.69) is 101 Å². The molecule has 0 fully saturated rings. The van der Waals surface area contributed by atoms with Crippen LogP contribution in [0.4, 0.5) is 0 Å². The average Bonchev–Trinajstić information content (AvgIpc) is 3.09. The Kier molecular flexibility index (Phi) is 4.15. The van der Waals surface area contributed by atoms with Crippen LogP contribution in [0.25, 0.3) is 49.0 Å². The highest BCUT2D eigenvalue weighted by atomic mass is 31.1. The van der Waals surface area contributed by atoms with Crippen LogP contribution in [0.2, 0.25) is 0 Å². The van der Waals surface area contributed by atoms with Crippen LogP contribution >= 0.6 is 8.01 Å². The second kappa shape index (κ2) is 7.04. The van der Waals surface area contributed by atoms with E-state index in [1.165, 1.54) is 21.5 Å². The fourth-order valence-electron chi connectivity index (χ4n) is 4.45. The number of nitrogens with zero attached hydrogens (tertiary/aromatic N) is 2. The Morgan fingerprint density at radius 1 is 0.774 bits per heavy atom. The molecule has 0 aliphatic carbocycles. The summed E-state index contributed by atoms with van der Waals surface area (Å²) in [6.45, 7) is 3.00. The summed E-state index contributed by atoms with van der Waals surface area (Å²) in [5, 5.41) is 6.94. The Morgan fingerprint density at radius 2 is 1.32 bits per heavy atom. The fraction of sp³-hybridized carbons (Fsp3) is 0.115. The molecule has 0 saturated carbocycles. The van der Waals surface area contributed by atoms with Gasteiger partial charge in [0, 0.05) is 10.8 Å². The summed E-state index contributed by atoms with van der Waals surface area (Å²) in [5.41, 5.74) is 2.77. The molecule has 0 saturated heterocycles. The van der Waals surface area contributed by atoms with Crippen LogP contribution in [0.3, 0.4) is 0 Å². The zero-order chi connectivity index (χ0) is 20.9. The molecule has 0 atom stereocenters. The molecule has 4 aromatic carbocycles. The van der Waals surface area contributed by atoms with Crippen molar-refractivity contribution in [3.05, 3.63) is 85.2 Å². The van der Waals surface area contributed by atoms with Gasteiger partial charge >= 0.3 is 13.6 Å². The summed E-state index contributed by atoms with van der Waals surface area (Å²) < 4.78 is 17.6. The van der Waals surface area contributed by atoms with Gasteiger partial charge < -0.3 is 8.39 Å². The number of aromatic nitrogens is 2. The van der Waals surface area contributed by atoms with Gasteiger partial charge in [-0.3, -0.25) is 0 Å². The first-order chi connectivity index (χ1) is 15.2. The van der Waals surface area contributed by atoms with Gasteiger partial charge in [-0.15, -0.1) is 0 Å². The van der Waals surface area contributed by atoms with Crippen LogP contribution < -0.4 is 4.57 Å². The maximum absolute atomic E-state index is 6.67. The highest BCUT2D eigenvalue weighted by Gasteiger charge is 2.23. The second-order valence-corrected chi connectivity index (χ2v) is 9.03. The number of aryl methyl sites for hydroxylation is 2. The van der Waals surface area contributed by atoms with Gasteiger partial charge in [0.1, 0.15) is 23.6 Å². The summed E-state index contributed by atoms with van der Waals surface area (Å²) in [5.74, 6) is 0. The Balaban J connectivity index is 1.91. The molecule has 0 amide bonds. The van der Waals surface area contributed by atoms with Gasteiger partial charge in [0.2, 0.25) is 0 Å². The summed E-state index contributed by atoms with van der Waals surface area (Å²) in [6, 6.07) is 25.4. The van der Waals surface area contributed by atoms with E-state index in [0.717, 1.165) is 34.0 Å². The molecule has 0 bridgehead atoms. The monoisotopic (exact) mass is 425 g/mol. The van der Waals surface area contributed by atoms with Crippen molar-refractivity contribution in [1.82, 2.24) is 4.57 Å². The van der Waals surface area contributed by atoms with Crippen LogP contribution in [0.1, 0.15) is 6.92 Å². The molecule has 0 N–H and O–H groups in total. The number of rotatable bonds is 2. The minimum atomic E-state index is -1.36. The van der Waals surface area contributed by atoms with Gasteiger partial charge in [0.25, 0.3) is 0 Å². The number of fused-ring (bicyclic) bond motifs is 7. The van der Waals surface area contributed by atoms with Crippen molar-refractivity contribution in [3.8, 4) is 5.57 Å². The Labute approximate surface area is 180 Å². The number of hydrogen-bond donors (Lipinski definition) is 0. The van der Waals surface area contributed by atoms with Crippen molar-refractivity contribution in [2.75, 3.05) is 0 Å². The molecule has 0 radical (unpaired) electrons. The third-order valence-corrected chi connectivity index (χ3v) is 7.56. The lowest BCUT2D eigenvalue weighted by atomic mass is 9.99. The molecule has 4 nitrogen and oxygen atoms in total. The van der Waals surface area contributed by atoms with E-state index in [9.17, 15) is 0 Å². The van der Waals surface area contributed by atoms with Crippen LogP contribution in [-0.4, -0.2) is 4.57 Å². The topological polar surface area (TPSA) is 35.1 Å². The lowest BCUT2D eigenvalue weighted by molar-refractivity contribution is -0.656. The maximum Gasteiger partial charge on any atom is 0.374 e. The number of imidazole rings is 1. The third-order valence-electron chi connectivity index (χ3n) is 5.94. The van der Waals surface area contributed by atoms with Crippen molar-refractivity contribution >= 4 is 51.5 Å². The van der Waals surface area contributed by atoms with Crippen molar-refractivity contribution < 1.29 is 13.0 Å². The summed E-state index contributed by atoms with van der Waals surface area (Å²) in [4.78, 5) is 0. The Bertz CT molecular complexity index is 1550.